The molecule has 0 saturated carbocycles. The third kappa shape index (κ3) is 2.34. The number of hydrogen-bond acceptors (Lipinski definition) is 3. The summed E-state index contributed by atoms with van der Waals surface area (Å²) in [5, 5.41) is 0. The van der Waals surface area contributed by atoms with Gasteiger partial charge in [-0.05, 0) is 0 Å². The van der Waals surface area contributed by atoms with Gasteiger partial charge in [-0.1, -0.05) is 6.92 Å². The standard InChI is InChI=1S/C5H13FO3Si/c1-4-10(7-2,8-3)9-5-6/h4-5H2,1-3H3. The summed E-state index contributed by atoms with van der Waals surface area (Å²) in [6.45, 7) is 0.997. The van der Waals surface area contributed by atoms with Crippen LogP contribution in [0.4, 0.5) is 4.39 Å². The van der Waals surface area contributed by atoms with Crippen molar-refractivity contribution in [2.24, 2.45) is 0 Å². The van der Waals surface area contributed by atoms with E-state index in [4.69, 9.17) is 13.3 Å². The maximum atomic E-state index is 11.7. The highest BCUT2D eigenvalue weighted by Crippen LogP contribution is 2.12. The zero-order valence-electron chi connectivity index (χ0n) is 6.52. The smallest absolute Gasteiger partial charge is 0.377 e. The average Bonchev–Trinajstić information content (AvgIpc) is 2.01. The van der Waals surface area contributed by atoms with Gasteiger partial charge in [0.05, 0.1) is 0 Å². The summed E-state index contributed by atoms with van der Waals surface area (Å²) in [4.78, 5) is 0. The van der Waals surface area contributed by atoms with E-state index in [1.807, 2.05) is 6.92 Å². The highest BCUT2D eigenvalue weighted by Gasteiger charge is 2.36. The van der Waals surface area contributed by atoms with Crippen LogP contribution in [-0.2, 0) is 13.3 Å². The van der Waals surface area contributed by atoms with Crippen molar-refractivity contribution in [3.8, 4) is 0 Å². The third-order valence-corrected chi connectivity index (χ3v) is 3.99. The average molecular weight is 168 g/mol. The first-order valence-corrected chi connectivity index (χ1v) is 4.98. The predicted molar refractivity (Wildman–Crippen MR) is 37.3 cm³/mol. The van der Waals surface area contributed by atoms with Gasteiger partial charge in [0.15, 0.2) is 6.86 Å². The van der Waals surface area contributed by atoms with Crippen LogP contribution in [0.5, 0.6) is 0 Å². The van der Waals surface area contributed by atoms with E-state index in [0.29, 0.717) is 6.04 Å². The van der Waals surface area contributed by atoms with Crippen molar-refractivity contribution in [1.29, 1.82) is 0 Å². The van der Waals surface area contributed by atoms with Crippen molar-refractivity contribution in [2.75, 3.05) is 21.1 Å². The summed E-state index contributed by atoms with van der Waals surface area (Å²) >= 11 is 0. The van der Waals surface area contributed by atoms with E-state index in [-0.39, 0.29) is 0 Å². The number of hydrogen-bond donors (Lipinski definition) is 0. The van der Waals surface area contributed by atoms with Crippen LogP contribution in [0.15, 0.2) is 0 Å². The second-order valence-electron chi connectivity index (χ2n) is 1.70. The Kier molecular flexibility index (Phi) is 4.80. The normalized spacial score (nSPS) is 12.0. The molecule has 3 nitrogen and oxygen atoms in total. The van der Waals surface area contributed by atoms with Gasteiger partial charge in [-0.15, -0.1) is 0 Å². The first kappa shape index (κ1) is 10.0. The second kappa shape index (κ2) is 4.78. The van der Waals surface area contributed by atoms with Gasteiger partial charge in [0, 0.05) is 20.3 Å². The zero-order chi connectivity index (χ0) is 8.04. The molecule has 0 atom stereocenters. The molecule has 62 valence electrons. The molecule has 0 amide bonds. The molecular formula is C5H13FO3Si. The largest absolute Gasteiger partial charge is 0.502 e. The summed E-state index contributed by atoms with van der Waals surface area (Å²) in [6.07, 6.45) is 0. The van der Waals surface area contributed by atoms with E-state index in [9.17, 15) is 4.39 Å². The van der Waals surface area contributed by atoms with Crippen molar-refractivity contribution in [1.82, 2.24) is 0 Å². The summed E-state index contributed by atoms with van der Waals surface area (Å²) in [5.74, 6) is 0. The maximum absolute atomic E-state index is 11.7. The van der Waals surface area contributed by atoms with Crippen LogP contribution in [0.25, 0.3) is 0 Å². The van der Waals surface area contributed by atoms with Crippen molar-refractivity contribution in [3.05, 3.63) is 0 Å². The van der Waals surface area contributed by atoms with E-state index in [1.165, 1.54) is 14.2 Å². The molecule has 0 N–H and O–H groups in total. The number of rotatable bonds is 5. The van der Waals surface area contributed by atoms with Crippen LogP contribution < -0.4 is 0 Å². The lowest BCUT2D eigenvalue weighted by atomic mass is 11.0. The van der Waals surface area contributed by atoms with E-state index in [2.05, 4.69) is 0 Å². The molecule has 0 aromatic carbocycles. The molecule has 0 radical (unpaired) electrons. The Morgan fingerprint density at radius 2 is 1.80 bits per heavy atom. The van der Waals surface area contributed by atoms with Crippen LogP contribution in [0.3, 0.4) is 0 Å². The maximum Gasteiger partial charge on any atom is 0.502 e. The van der Waals surface area contributed by atoms with E-state index in [1.54, 1.807) is 0 Å². The SMILES string of the molecule is CC[Si](OC)(OC)OCF. The molecule has 0 spiro atoms. The Morgan fingerprint density at radius 1 is 1.30 bits per heavy atom. The van der Waals surface area contributed by atoms with Crippen molar-refractivity contribution in [3.63, 3.8) is 0 Å². The number of halogens is 1. The van der Waals surface area contributed by atoms with Crippen LogP contribution in [0.2, 0.25) is 6.04 Å². The molecule has 0 saturated heterocycles. The fourth-order valence-corrected chi connectivity index (χ4v) is 2.03. The molecule has 0 aliphatic heterocycles. The molecule has 0 aliphatic rings. The predicted octanol–water partition coefficient (Wildman–Crippen LogP) is 1.18. The molecular weight excluding hydrogens is 155 g/mol. The molecule has 0 fully saturated rings. The molecule has 0 aliphatic carbocycles. The van der Waals surface area contributed by atoms with Gasteiger partial charge in [0.25, 0.3) is 0 Å². The lowest BCUT2D eigenvalue weighted by molar-refractivity contribution is 0.0588. The first-order valence-electron chi connectivity index (χ1n) is 3.05. The first-order chi connectivity index (χ1) is 4.74. The summed E-state index contributed by atoms with van der Waals surface area (Å²) in [5.41, 5.74) is 0. The Labute approximate surface area is 61.5 Å². The van der Waals surface area contributed by atoms with Crippen LogP contribution in [-0.4, -0.2) is 29.9 Å². The van der Waals surface area contributed by atoms with Crippen molar-refractivity contribution < 1.29 is 17.7 Å². The topological polar surface area (TPSA) is 27.7 Å². The van der Waals surface area contributed by atoms with Gasteiger partial charge in [-0.2, -0.15) is 0 Å². The highest BCUT2D eigenvalue weighted by molar-refractivity contribution is 6.60. The molecule has 0 rings (SSSR count). The quantitative estimate of drug-likeness (QED) is 0.577. The minimum atomic E-state index is -2.59. The zero-order valence-corrected chi connectivity index (χ0v) is 7.52. The van der Waals surface area contributed by atoms with Gasteiger partial charge in [0.1, 0.15) is 0 Å². The molecule has 0 aromatic heterocycles. The minimum Gasteiger partial charge on any atom is -0.377 e. The summed E-state index contributed by atoms with van der Waals surface area (Å²) < 4.78 is 26.3. The van der Waals surface area contributed by atoms with Crippen molar-refractivity contribution >= 4 is 8.80 Å². The fraction of sp³-hybridized carbons (Fsp3) is 1.00. The highest BCUT2D eigenvalue weighted by atomic mass is 28.4. The summed E-state index contributed by atoms with van der Waals surface area (Å²) in [6, 6.07) is 0.587. The monoisotopic (exact) mass is 168 g/mol. The molecule has 5 heteroatoms. The third-order valence-electron chi connectivity index (χ3n) is 1.33. The summed E-state index contributed by atoms with van der Waals surface area (Å²) in [7, 11) is 0.342. The van der Waals surface area contributed by atoms with Gasteiger partial charge in [0.2, 0.25) is 0 Å². The molecule has 0 aromatic rings. The van der Waals surface area contributed by atoms with Crippen LogP contribution in [0, 0.1) is 0 Å². The van der Waals surface area contributed by atoms with E-state index < -0.39 is 15.7 Å². The lowest BCUT2D eigenvalue weighted by Gasteiger charge is -2.22. The Bertz CT molecular complexity index is 78.7. The molecule has 0 bridgehead atoms. The fourth-order valence-electron chi connectivity index (χ4n) is 0.675. The molecule has 0 heterocycles. The van der Waals surface area contributed by atoms with E-state index in [0.717, 1.165) is 0 Å². The van der Waals surface area contributed by atoms with Gasteiger partial charge >= 0.3 is 8.80 Å². The Balaban J connectivity index is 3.87. The van der Waals surface area contributed by atoms with Crippen LogP contribution >= 0.6 is 0 Å². The van der Waals surface area contributed by atoms with Gasteiger partial charge in [-0.25, -0.2) is 4.39 Å². The molecule has 10 heavy (non-hydrogen) atoms. The van der Waals surface area contributed by atoms with Crippen molar-refractivity contribution in [2.45, 2.75) is 13.0 Å². The minimum absolute atomic E-state index is 0.587. The Hall–Kier alpha value is 0.0269. The van der Waals surface area contributed by atoms with Crippen LogP contribution in [0.1, 0.15) is 6.92 Å². The lowest BCUT2D eigenvalue weighted by Crippen LogP contribution is -2.42. The van der Waals surface area contributed by atoms with E-state index >= 15 is 0 Å². The van der Waals surface area contributed by atoms with Gasteiger partial charge in [-0.3, -0.25) is 0 Å². The Morgan fingerprint density at radius 3 is 1.90 bits per heavy atom. The number of alkyl halides is 1. The van der Waals surface area contributed by atoms with Gasteiger partial charge < -0.3 is 13.3 Å². The second-order valence-corrected chi connectivity index (χ2v) is 4.88. The molecule has 0 unspecified atom stereocenters.